The molecule has 3 aromatic rings. The number of carbonyl (C=O) groups excluding carboxylic acids is 1. The smallest absolute Gasteiger partial charge is 0.340 e. The summed E-state index contributed by atoms with van der Waals surface area (Å²) >= 11 is 6.17. The molecule has 3 nitrogen and oxygen atoms in total. The van der Waals surface area contributed by atoms with Gasteiger partial charge in [0.1, 0.15) is 0 Å². The molecule has 3 rings (SSSR count). The number of hydrogen-bond acceptors (Lipinski definition) is 2. The number of nitrogens with zero attached hydrogens (tertiary/aromatic N) is 1. The van der Waals surface area contributed by atoms with E-state index in [0.717, 1.165) is 16.8 Å². The third kappa shape index (κ3) is 3.15. The minimum absolute atomic E-state index is 0.311. The molecule has 0 amide bonds. The van der Waals surface area contributed by atoms with Gasteiger partial charge in [-0.2, -0.15) is 0 Å². The fourth-order valence-electron chi connectivity index (χ4n) is 2.47. The number of fused-ring (bicyclic) bond motifs is 1. The van der Waals surface area contributed by atoms with Gasteiger partial charge in [0.2, 0.25) is 0 Å². The number of hydrogen-bond donors (Lipinski definition) is 0. The monoisotopic (exact) mass is 325 g/mol. The van der Waals surface area contributed by atoms with Gasteiger partial charge in [-0.1, -0.05) is 41.9 Å². The van der Waals surface area contributed by atoms with E-state index in [1.54, 1.807) is 6.92 Å². The highest BCUT2D eigenvalue weighted by Gasteiger charge is 2.14. The number of carbonyl (C=O) groups is 1. The number of benzene rings is 1. The van der Waals surface area contributed by atoms with E-state index in [0.29, 0.717) is 17.2 Å². The Kier molecular flexibility index (Phi) is 4.49. The van der Waals surface area contributed by atoms with Crippen LogP contribution in [0.5, 0.6) is 0 Å². The van der Waals surface area contributed by atoms with Gasteiger partial charge in [0.25, 0.3) is 0 Å². The van der Waals surface area contributed by atoms with Crippen molar-refractivity contribution < 1.29 is 9.53 Å². The molecule has 0 fully saturated rings. The summed E-state index contributed by atoms with van der Waals surface area (Å²) in [5.74, 6) is -0.311. The first-order valence-corrected chi connectivity index (χ1v) is 7.78. The maximum Gasteiger partial charge on any atom is 0.340 e. The summed E-state index contributed by atoms with van der Waals surface area (Å²) in [5.41, 5.74) is 3.21. The predicted molar refractivity (Wildman–Crippen MR) is 93.7 cm³/mol. The zero-order chi connectivity index (χ0) is 16.2. The van der Waals surface area contributed by atoms with Gasteiger partial charge in [-0.3, -0.25) is 0 Å². The van der Waals surface area contributed by atoms with Gasteiger partial charge in [-0.05, 0) is 42.8 Å². The molecule has 23 heavy (non-hydrogen) atoms. The number of pyridine rings is 1. The lowest BCUT2D eigenvalue weighted by molar-refractivity contribution is 0.0529. The highest BCUT2D eigenvalue weighted by molar-refractivity contribution is 6.32. The second-order valence-corrected chi connectivity index (χ2v) is 5.42. The van der Waals surface area contributed by atoms with Crippen molar-refractivity contribution in [3.05, 3.63) is 76.6 Å². The molecule has 116 valence electrons. The molecule has 0 aliphatic rings. The molecule has 0 unspecified atom stereocenters. The van der Waals surface area contributed by atoms with Crippen LogP contribution in [0.4, 0.5) is 0 Å². The summed E-state index contributed by atoms with van der Waals surface area (Å²) in [4.78, 5) is 12.1. The molecule has 2 heterocycles. The minimum Gasteiger partial charge on any atom is -0.462 e. The lowest BCUT2D eigenvalue weighted by Crippen LogP contribution is -2.03. The largest absolute Gasteiger partial charge is 0.462 e. The van der Waals surface area contributed by atoms with Crippen LogP contribution in [-0.2, 0) is 4.74 Å². The molecule has 4 heteroatoms. The second-order valence-electron chi connectivity index (χ2n) is 5.01. The number of ether oxygens (including phenoxy) is 1. The summed E-state index contributed by atoms with van der Waals surface area (Å²) < 4.78 is 7.09. The molecule has 0 spiro atoms. The number of esters is 1. The zero-order valence-electron chi connectivity index (χ0n) is 12.7. The van der Waals surface area contributed by atoms with Gasteiger partial charge in [-0.15, -0.1) is 0 Å². The van der Waals surface area contributed by atoms with Crippen molar-refractivity contribution in [2.75, 3.05) is 6.61 Å². The van der Waals surface area contributed by atoms with Gasteiger partial charge >= 0.3 is 5.97 Å². The van der Waals surface area contributed by atoms with Crippen LogP contribution in [-0.4, -0.2) is 17.0 Å². The van der Waals surface area contributed by atoms with Crippen LogP contribution in [0.25, 0.3) is 17.7 Å². The standard InChI is InChI=1S/C19H16ClNO2/c1-2-23-19(22)16-13-15(21-12-6-5-9-18(16)21)11-10-14-7-3-4-8-17(14)20/h3-13H,2H2,1H3/b11-10+. The van der Waals surface area contributed by atoms with Gasteiger partial charge in [0, 0.05) is 16.9 Å². The summed E-state index contributed by atoms with van der Waals surface area (Å²) in [7, 11) is 0. The molecular weight excluding hydrogens is 310 g/mol. The van der Waals surface area contributed by atoms with Crippen LogP contribution in [0, 0.1) is 0 Å². The van der Waals surface area contributed by atoms with E-state index in [-0.39, 0.29) is 5.97 Å². The van der Waals surface area contributed by atoms with Crippen LogP contribution >= 0.6 is 11.6 Å². The Labute approximate surface area is 139 Å². The van der Waals surface area contributed by atoms with Crippen LogP contribution in [0.15, 0.2) is 54.7 Å². The van der Waals surface area contributed by atoms with Crippen molar-refractivity contribution in [3.63, 3.8) is 0 Å². The van der Waals surface area contributed by atoms with Gasteiger partial charge in [0.05, 0.1) is 17.7 Å². The highest BCUT2D eigenvalue weighted by Crippen LogP contribution is 2.22. The van der Waals surface area contributed by atoms with Crippen molar-refractivity contribution in [2.24, 2.45) is 0 Å². The van der Waals surface area contributed by atoms with Crippen molar-refractivity contribution in [3.8, 4) is 0 Å². The Bertz CT molecular complexity index is 880. The predicted octanol–water partition coefficient (Wildman–Crippen LogP) is 4.94. The summed E-state index contributed by atoms with van der Waals surface area (Å²) in [6, 6.07) is 15.2. The van der Waals surface area contributed by atoms with Crippen LogP contribution in [0.2, 0.25) is 5.02 Å². The molecule has 0 saturated heterocycles. The van der Waals surface area contributed by atoms with E-state index in [1.807, 2.05) is 71.3 Å². The second kappa shape index (κ2) is 6.71. The number of rotatable bonds is 4. The van der Waals surface area contributed by atoms with E-state index >= 15 is 0 Å². The Hall–Kier alpha value is -2.52. The lowest BCUT2D eigenvalue weighted by atomic mass is 10.2. The lowest BCUT2D eigenvalue weighted by Gasteiger charge is -2.00. The van der Waals surface area contributed by atoms with E-state index in [4.69, 9.17) is 16.3 Å². The normalized spacial score (nSPS) is 11.2. The highest BCUT2D eigenvalue weighted by atomic mass is 35.5. The Morgan fingerprint density at radius 2 is 1.96 bits per heavy atom. The Morgan fingerprint density at radius 1 is 1.17 bits per heavy atom. The van der Waals surface area contributed by atoms with Crippen molar-refractivity contribution in [2.45, 2.75) is 6.92 Å². The van der Waals surface area contributed by atoms with E-state index in [2.05, 4.69) is 0 Å². The summed E-state index contributed by atoms with van der Waals surface area (Å²) in [6.45, 7) is 2.15. The number of halogens is 1. The zero-order valence-corrected chi connectivity index (χ0v) is 13.5. The van der Waals surface area contributed by atoms with Crippen molar-refractivity contribution in [1.29, 1.82) is 0 Å². The molecule has 1 aromatic carbocycles. The molecule has 0 N–H and O–H groups in total. The Balaban J connectivity index is 2.05. The quantitative estimate of drug-likeness (QED) is 0.636. The van der Waals surface area contributed by atoms with Crippen LogP contribution in [0.3, 0.4) is 0 Å². The first kappa shape index (κ1) is 15.4. The SMILES string of the molecule is CCOC(=O)c1cc(/C=C/c2ccccc2Cl)n2ccccc12. The average molecular weight is 326 g/mol. The fraction of sp³-hybridized carbons (Fsp3) is 0.105. The molecule has 0 aliphatic carbocycles. The Morgan fingerprint density at radius 3 is 2.74 bits per heavy atom. The van der Waals surface area contributed by atoms with E-state index < -0.39 is 0 Å². The van der Waals surface area contributed by atoms with E-state index in [9.17, 15) is 4.79 Å². The summed E-state index contributed by atoms with van der Waals surface area (Å²) in [6.07, 6.45) is 5.80. The van der Waals surface area contributed by atoms with Crippen LogP contribution in [0.1, 0.15) is 28.5 Å². The fourth-order valence-corrected chi connectivity index (χ4v) is 2.66. The van der Waals surface area contributed by atoms with Crippen molar-refractivity contribution in [1.82, 2.24) is 4.40 Å². The minimum atomic E-state index is -0.311. The molecule has 0 saturated carbocycles. The van der Waals surface area contributed by atoms with Crippen molar-refractivity contribution >= 4 is 35.2 Å². The molecule has 2 aromatic heterocycles. The third-order valence-electron chi connectivity index (χ3n) is 3.54. The molecule has 0 bridgehead atoms. The third-order valence-corrected chi connectivity index (χ3v) is 3.88. The molecule has 0 atom stereocenters. The van der Waals surface area contributed by atoms with Gasteiger partial charge in [0.15, 0.2) is 0 Å². The molecule has 0 aliphatic heterocycles. The number of aromatic nitrogens is 1. The first-order chi connectivity index (χ1) is 11.2. The molecule has 0 radical (unpaired) electrons. The summed E-state index contributed by atoms with van der Waals surface area (Å²) in [5, 5.41) is 0.690. The van der Waals surface area contributed by atoms with Gasteiger partial charge < -0.3 is 9.14 Å². The van der Waals surface area contributed by atoms with Crippen LogP contribution < -0.4 is 0 Å². The molecular formula is C19H16ClNO2. The maximum atomic E-state index is 12.1. The maximum absolute atomic E-state index is 12.1. The first-order valence-electron chi connectivity index (χ1n) is 7.40. The van der Waals surface area contributed by atoms with E-state index in [1.165, 1.54) is 0 Å². The topological polar surface area (TPSA) is 30.7 Å². The van der Waals surface area contributed by atoms with Gasteiger partial charge in [-0.25, -0.2) is 4.79 Å². The average Bonchev–Trinajstić information content (AvgIpc) is 2.93.